The molecule has 0 atom stereocenters. The van der Waals surface area contributed by atoms with Gasteiger partial charge in [0.15, 0.2) is 5.78 Å². The fraction of sp³-hybridized carbons (Fsp3) is 0.533. The maximum Gasteiger partial charge on any atom is 0.180 e. The predicted octanol–water partition coefficient (Wildman–Crippen LogP) is 3.29. The van der Waals surface area contributed by atoms with Gasteiger partial charge in [-0.15, -0.1) is 24.0 Å². The third-order valence-electron chi connectivity index (χ3n) is 3.47. The summed E-state index contributed by atoms with van der Waals surface area (Å²) >= 11 is 0. The number of ketones is 1. The Morgan fingerprint density at radius 1 is 1.26 bits per heavy atom. The number of benzene rings is 1. The first-order valence-electron chi connectivity index (χ1n) is 6.61. The van der Waals surface area contributed by atoms with Gasteiger partial charge in [-0.1, -0.05) is 12.5 Å². The highest BCUT2D eigenvalue weighted by molar-refractivity contribution is 14.0. The van der Waals surface area contributed by atoms with Crippen LogP contribution in [-0.4, -0.2) is 37.4 Å². The Balaban J connectivity index is 0.00000180. The highest BCUT2D eigenvalue weighted by Gasteiger charge is 2.17. The molecule has 0 spiro atoms. The smallest absolute Gasteiger partial charge is 0.180 e. The van der Waals surface area contributed by atoms with E-state index in [1.807, 2.05) is 25.1 Å². The number of piperidine rings is 1. The molecule has 1 fully saturated rings. The van der Waals surface area contributed by atoms with Crippen molar-refractivity contribution >= 4 is 29.8 Å². The maximum atomic E-state index is 12.3. The Morgan fingerprint density at radius 2 is 1.95 bits per heavy atom. The first kappa shape index (κ1) is 16.4. The van der Waals surface area contributed by atoms with Crippen LogP contribution in [-0.2, 0) is 0 Å². The fourth-order valence-electron chi connectivity index (χ4n) is 2.43. The SMILES string of the molecule is COc1cc(C)ccc1C(=O)CN1CCCCC1.I. The van der Waals surface area contributed by atoms with Gasteiger partial charge in [-0.2, -0.15) is 0 Å². The molecule has 19 heavy (non-hydrogen) atoms. The zero-order valence-corrected chi connectivity index (χ0v) is 14.0. The van der Waals surface area contributed by atoms with E-state index in [4.69, 9.17) is 4.74 Å². The Bertz CT molecular complexity index is 428. The first-order chi connectivity index (χ1) is 8.70. The molecule has 1 aromatic carbocycles. The number of carbonyl (C=O) groups is 1. The summed E-state index contributed by atoms with van der Waals surface area (Å²) in [5, 5.41) is 0. The third kappa shape index (κ3) is 4.45. The molecule has 3 nitrogen and oxygen atoms in total. The molecule has 106 valence electrons. The van der Waals surface area contributed by atoms with E-state index in [2.05, 4.69) is 4.90 Å². The summed E-state index contributed by atoms with van der Waals surface area (Å²) in [6, 6.07) is 5.76. The van der Waals surface area contributed by atoms with Crippen molar-refractivity contribution in [2.75, 3.05) is 26.7 Å². The van der Waals surface area contributed by atoms with Crippen LogP contribution < -0.4 is 4.74 Å². The number of aryl methyl sites for hydroxylation is 1. The number of Topliss-reactive ketones (excluding diaryl/α,β-unsaturated/α-hetero) is 1. The molecule has 4 heteroatoms. The van der Waals surface area contributed by atoms with Gasteiger partial charge < -0.3 is 4.74 Å². The minimum Gasteiger partial charge on any atom is -0.496 e. The van der Waals surface area contributed by atoms with Gasteiger partial charge in [0.1, 0.15) is 5.75 Å². The number of halogens is 1. The van der Waals surface area contributed by atoms with Crippen molar-refractivity contribution in [3.05, 3.63) is 29.3 Å². The summed E-state index contributed by atoms with van der Waals surface area (Å²) in [5.41, 5.74) is 1.81. The minimum atomic E-state index is 0. The van der Waals surface area contributed by atoms with Gasteiger partial charge in [-0.3, -0.25) is 9.69 Å². The quantitative estimate of drug-likeness (QED) is 0.598. The molecule has 1 aromatic rings. The minimum absolute atomic E-state index is 0. The van der Waals surface area contributed by atoms with Crippen LogP contribution in [0.15, 0.2) is 18.2 Å². The lowest BCUT2D eigenvalue weighted by molar-refractivity contribution is 0.0912. The lowest BCUT2D eigenvalue weighted by atomic mass is 10.1. The lowest BCUT2D eigenvalue weighted by Crippen LogP contribution is -2.34. The number of hydrogen-bond acceptors (Lipinski definition) is 3. The van der Waals surface area contributed by atoms with E-state index in [0.29, 0.717) is 17.9 Å². The fourth-order valence-corrected chi connectivity index (χ4v) is 2.43. The normalized spacial score (nSPS) is 15.7. The number of likely N-dealkylation sites (tertiary alicyclic amines) is 1. The second kappa shape index (κ2) is 7.85. The van der Waals surface area contributed by atoms with E-state index in [-0.39, 0.29) is 29.8 Å². The standard InChI is InChI=1S/C15H21NO2.HI/c1-12-6-7-13(15(10-12)18-2)14(17)11-16-8-4-3-5-9-16;/h6-7,10H,3-5,8-9,11H2,1-2H3;1H. The zero-order valence-electron chi connectivity index (χ0n) is 11.6. The molecule has 0 aromatic heterocycles. The van der Waals surface area contributed by atoms with E-state index in [1.54, 1.807) is 7.11 Å². The highest BCUT2D eigenvalue weighted by atomic mass is 127. The van der Waals surface area contributed by atoms with E-state index in [0.717, 1.165) is 18.7 Å². The molecule has 0 bridgehead atoms. The number of hydrogen-bond donors (Lipinski definition) is 0. The van der Waals surface area contributed by atoms with Crippen LogP contribution in [0.2, 0.25) is 0 Å². The van der Waals surface area contributed by atoms with Crippen molar-refractivity contribution in [3.63, 3.8) is 0 Å². The Hall–Kier alpha value is -0.620. The zero-order chi connectivity index (χ0) is 13.0. The Morgan fingerprint density at radius 3 is 2.58 bits per heavy atom. The van der Waals surface area contributed by atoms with Crippen molar-refractivity contribution in [1.82, 2.24) is 4.90 Å². The van der Waals surface area contributed by atoms with Crippen molar-refractivity contribution in [2.24, 2.45) is 0 Å². The van der Waals surface area contributed by atoms with Crippen LogP contribution in [0.4, 0.5) is 0 Å². The van der Waals surface area contributed by atoms with Crippen LogP contribution >= 0.6 is 24.0 Å². The van der Waals surface area contributed by atoms with Gasteiger partial charge in [0.25, 0.3) is 0 Å². The monoisotopic (exact) mass is 375 g/mol. The average molecular weight is 375 g/mol. The molecule has 0 amide bonds. The summed E-state index contributed by atoms with van der Waals surface area (Å²) in [7, 11) is 1.62. The summed E-state index contributed by atoms with van der Waals surface area (Å²) in [4.78, 5) is 14.5. The van der Waals surface area contributed by atoms with Gasteiger partial charge in [-0.25, -0.2) is 0 Å². The summed E-state index contributed by atoms with van der Waals surface area (Å²) < 4.78 is 5.30. The first-order valence-corrected chi connectivity index (χ1v) is 6.61. The number of methoxy groups -OCH3 is 1. The summed E-state index contributed by atoms with van der Waals surface area (Å²) in [6.07, 6.45) is 3.70. The van der Waals surface area contributed by atoms with Crippen LogP contribution in [0.3, 0.4) is 0 Å². The largest absolute Gasteiger partial charge is 0.496 e. The number of carbonyl (C=O) groups excluding carboxylic acids is 1. The van der Waals surface area contributed by atoms with Crippen LogP contribution in [0.1, 0.15) is 35.2 Å². The lowest BCUT2D eigenvalue weighted by Gasteiger charge is -2.25. The van der Waals surface area contributed by atoms with Gasteiger partial charge in [0.2, 0.25) is 0 Å². The van der Waals surface area contributed by atoms with Crippen LogP contribution in [0.25, 0.3) is 0 Å². The molecule has 2 rings (SSSR count). The van der Waals surface area contributed by atoms with E-state index >= 15 is 0 Å². The van der Waals surface area contributed by atoms with Crippen molar-refractivity contribution in [3.8, 4) is 5.75 Å². The van der Waals surface area contributed by atoms with Gasteiger partial charge in [0, 0.05) is 0 Å². The average Bonchev–Trinajstić information content (AvgIpc) is 2.39. The second-order valence-electron chi connectivity index (χ2n) is 4.96. The highest BCUT2D eigenvalue weighted by Crippen LogP contribution is 2.21. The summed E-state index contributed by atoms with van der Waals surface area (Å²) in [5.74, 6) is 0.853. The third-order valence-corrected chi connectivity index (χ3v) is 3.47. The number of ether oxygens (including phenoxy) is 1. The molecular weight excluding hydrogens is 353 g/mol. The molecule has 0 saturated carbocycles. The molecule has 1 heterocycles. The van der Waals surface area contributed by atoms with Crippen molar-refractivity contribution < 1.29 is 9.53 Å². The maximum absolute atomic E-state index is 12.3. The van der Waals surface area contributed by atoms with Gasteiger partial charge >= 0.3 is 0 Å². The number of rotatable bonds is 4. The molecule has 0 aliphatic carbocycles. The molecule has 0 radical (unpaired) electrons. The molecule has 1 aliphatic heterocycles. The van der Waals surface area contributed by atoms with Crippen molar-refractivity contribution in [1.29, 1.82) is 0 Å². The second-order valence-corrected chi connectivity index (χ2v) is 4.96. The van der Waals surface area contributed by atoms with Gasteiger partial charge in [-0.05, 0) is 50.6 Å². The van der Waals surface area contributed by atoms with Crippen LogP contribution in [0.5, 0.6) is 5.75 Å². The molecule has 0 unspecified atom stereocenters. The Kier molecular flexibility index (Phi) is 6.79. The van der Waals surface area contributed by atoms with E-state index < -0.39 is 0 Å². The van der Waals surface area contributed by atoms with Gasteiger partial charge in [0.05, 0.1) is 19.2 Å². The molecule has 0 N–H and O–H groups in total. The molecular formula is C15H22INO2. The van der Waals surface area contributed by atoms with E-state index in [9.17, 15) is 4.79 Å². The molecule has 1 saturated heterocycles. The van der Waals surface area contributed by atoms with Crippen molar-refractivity contribution in [2.45, 2.75) is 26.2 Å². The van der Waals surface area contributed by atoms with E-state index in [1.165, 1.54) is 19.3 Å². The molecule has 1 aliphatic rings. The van der Waals surface area contributed by atoms with Crippen LogP contribution in [0, 0.1) is 6.92 Å². The topological polar surface area (TPSA) is 29.5 Å². The Labute approximate surface area is 132 Å². The predicted molar refractivity (Wildman–Crippen MR) is 87.8 cm³/mol. The summed E-state index contributed by atoms with van der Waals surface area (Å²) in [6.45, 7) is 4.60. The number of nitrogens with zero attached hydrogens (tertiary/aromatic N) is 1.